The van der Waals surface area contributed by atoms with Gasteiger partial charge in [-0.2, -0.15) is 0 Å². The smallest absolute Gasteiger partial charge is 0.0110 e. The second-order valence-electron chi connectivity index (χ2n) is 3.94. The summed E-state index contributed by atoms with van der Waals surface area (Å²) in [5.41, 5.74) is 0. The molecule has 72 valence electrons. The number of hydrogen-bond acceptors (Lipinski definition) is 2. The molecule has 0 spiro atoms. The quantitative estimate of drug-likeness (QED) is 0.675. The van der Waals surface area contributed by atoms with Crippen LogP contribution in [0.4, 0.5) is 0 Å². The molecule has 2 nitrogen and oxygen atoms in total. The molecule has 0 aromatic heterocycles. The van der Waals surface area contributed by atoms with Gasteiger partial charge >= 0.3 is 0 Å². The van der Waals surface area contributed by atoms with Crippen LogP contribution >= 0.6 is 0 Å². The van der Waals surface area contributed by atoms with Gasteiger partial charge in [0.05, 0.1) is 0 Å². The van der Waals surface area contributed by atoms with Gasteiger partial charge in [-0.1, -0.05) is 6.92 Å². The van der Waals surface area contributed by atoms with Gasteiger partial charge in [0.2, 0.25) is 0 Å². The van der Waals surface area contributed by atoms with Crippen LogP contribution in [-0.2, 0) is 0 Å². The Hall–Kier alpha value is -0.0800. The molecule has 0 radical (unpaired) electrons. The molecule has 1 rings (SSSR count). The zero-order valence-electron chi connectivity index (χ0n) is 8.64. The van der Waals surface area contributed by atoms with Crippen molar-refractivity contribution >= 4 is 0 Å². The van der Waals surface area contributed by atoms with Crippen LogP contribution in [0.15, 0.2) is 0 Å². The summed E-state index contributed by atoms with van der Waals surface area (Å²) in [6.45, 7) is 10.5. The largest absolute Gasteiger partial charge is 0.313 e. The maximum atomic E-state index is 3.51. The van der Waals surface area contributed by atoms with Gasteiger partial charge < -0.3 is 5.32 Å². The Morgan fingerprint density at radius 3 is 2.92 bits per heavy atom. The van der Waals surface area contributed by atoms with Crippen molar-refractivity contribution in [3.8, 4) is 0 Å². The van der Waals surface area contributed by atoms with E-state index in [1.807, 2.05) is 0 Å². The topological polar surface area (TPSA) is 15.3 Å². The molecule has 1 fully saturated rings. The highest BCUT2D eigenvalue weighted by atomic mass is 15.2. The molecule has 2 atom stereocenters. The molecule has 0 saturated carbocycles. The first kappa shape index (κ1) is 10.0. The summed E-state index contributed by atoms with van der Waals surface area (Å²) >= 11 is 0. The second-order valence-corrected chi connectivity index (χ2v) is 3.94. The summed E-state index contributed by atoms with van der Waals surface area (Å²) in [5, 5.41) is 3.51. The maximum absolute atomic E-state index is 3.51. The summed E-state index contributed by atoms with van der Waals surface area (Å²) in [5.74, 6) is 0. The molecule has 0 aliphatic carbocycles. The van der Waals surface area contributed by atoms with E-state index in [0.717, 1.165) is 12.6 Å². The summed E-state index contributed by atoms with van der Waals surface area (Å²) in [6.07, 6.45) is 2.57. The van der Waals surface area contributed by atoms with Gasteiger partial charge in [0, 0.05) is 25.2 Å². The van der Waals surface area contributed by atoms with Gasteiger partial charge in [-0.05, 0) is 33.2 Å². The summed E-state index contributed by atoms with van der Waals surface area (Å²) < 4.78 is 0. The lowest BCUT2D eigenvalue weighted by Crippen LogP contribution is -2.35. The third-order valence-electron chi connectivity index (χ3n) is 2.96. The predicted octanol–water partition coefficient (Wildman–Crippen LogP) is 1.47. The van der Waals surface area contributed by atoms with Crippen molar-refractivity contribution in [2.45, 2.75) is 45.7 Å². The Morgan fingerprint density at radius 2 is 2.25 bits per heavy atom. The molecule has 2 heteroatoms. The van der Waals surface area contributed by atoms with Crippen molar-refractivity contribution < 1.29 is 0 Å². The van der Waals surface area contributed by atoms with E-state index in [2.05, 4.69) is 31.0 Å². The number of rotatable bonds is 2. The third-order valence-corrected chi connectivity index (χ3v) is 2.96. The standard InChI is InChI=1S/C10H22N2/c1-4-10(3)12-7-5-9(2)11-6-8-12/h9-11H,4-8H2,1-3H3. The van der Waals surface area contributed by atoms with Gasteiger partial charge in [-0.15, -0.1) is 0 Å². The minimum absolute atomic E-state index is 0.707. The van der Waals surface area contributed by atoms with Crippen molar-refractivity contribution in [2.24, 2.45) is 0 Å². The Balaban J connectivity index is 2.35. The Bertz CT molecular complexity index is 125. The summed E-state index contributed by atoms with van der Waals surface area (Å²) in [7, 11) is 0. The molecular formula is C10H22N2. The van der Waals surface area contributed by atoms with Crippen molar-refractivity contribution in [1.29, 1.82) is 0 Å². The molecule has 0 aromatic carbocycles. The number of hydrogen-bond donors (Lipinski definition) is 1. The molecule has 1 aliphatic rings. The average Bonchev–Trinajstić information content (AvgIpc) is 2.29. The lowest BCUT2D eigenvalue weighted by Gasteiger charge is -2.26. The first-order valence-electron chi connectivity index (χ1n) is 5.21. The van der Waals surface area contributed by atoms with E-state index in [4.69, 9.17) is 0 Å². The zero-order chi connectivity index (χ0) is 8.97. The molecule has 12 heavy (non-hydrogen) atoms. The van der Waals surface area contributed by atoms with Crippen molar-refractivity contribution in [3.05, 3.63) is 0 Å². The SMILES string of the molecule is CCC(C)N1CCNC(C)CC1. The van der Waals surface area contributed by atoms with E-state index in [1.165, 1.54) is 25.9 Å². The van der Waals surface area contributed by atoms with Crippen molar-refractivity contribution in [2.75, 3.05) is 19.6 Å². The van der Waals surface area contributed by atoms with Crippen LogP contribution in [0.3, 0.4) is 0 Å². The molecule has 0 bridgehead atoms. The Kier molecular flexibility index (Phi) is 4.02. The molecular weight excluding hydrogens is 148 g/mol. The number of nitrogens with one attached hydrogen (secondary N) is 1. The van der Waals surface area contributed by atoms with Crippen LogP contribution in [-0.4, -0.2) is 36.6 Å². The second kappa shape index (κ2) is 4.83. The normalized spacial score (nSPS) is 29.8. The lowest BCUT2D eigenvalue weighted by molar-refractivity contribution is 0.217. The fraction of sp³-hybridized carbons (Fsp3) is 1.00. The molecule has 0 amide bonds. The van der Waals surface area contributed by atoms with E-state index >= 15 is 0 Å². The highest BCUT2D eigenvalue weighted by molar-refractivity contribution is 4.74. The van der Waals surface area contributed by atoms with Crippen molar-refractivity contribution in [1.82, 2.24) is 10.2 Å². The minimum Gasteiger partial charge on any atom is -0.313 e. The van der Waals surface area contributed by atoms with Gasteiger partial charge in [-0.3, -0.25) is 4.90 Å². The highest BCUT2D eigenvalue weighted by Crippen LogP contribution is 2.07. The molecule has 0 aromatic rings. The van der Waals surface area contributed by atoms with Crippen LogP contribution in [0.25, 0.3) is 0 Å². The average molecular weight is 170 g/mol. The summed E-state index contributed by atoms with van der Waals surface area (Å²) in [6, 6.07) is 1.47. The fourth-order valence-corrected chi connectivity index (χ4v) is 1.73. The fourth-order valence-electron chi connectivity index (χ4n) is 1.73. The predicted molar refractivity (Wildman–Crippen MR) is 53.4 cm³/mol. The highest BCUT2D eigenvalue weighted by Gasteiger charge is 2.16. The summed E-state index contributed by atoms with van der Waals surface area (Å²) in [4.78, 5) is 2.59. The van der Waals surface area contributed by atoms with Crippen LogP contribution < -0.4 is 5.32 Å². The van der Waals surface area contributed by atoms with Crippen LogP contribution in [0.2, 0.25) is 0 Å². The van der Waals surface area contributed by atoms with E-state index in [0.29, 0.717) is 6.04 Å². The van der Waals surface area contributed by atoms with Gasteiger partial charge in [0.15, 0.2) is 0 Å². The van der Waals surface area contributed by atoms with Gasteiger partial charge in [0.25, 0.3) is 0 Å². The van der Waals surface area contributed by atoms with Crippen LogP contribution in [0, 0.1) is 0 Å². The first-order chi connectivity index (χ1) is 5.74. The molecule has 1 aliphatic heterocycles. The molecule has 1 saturated heterocycles. The first-order valence-corrected chi connectivity index (χ1v) is 5.21. The maximum Gasteiger partial charge on any atom is 0.0110 e. The van der Waals surface area contributed by atoms with E-state index in [-0.39, 0.29) is 0 Å². The van der Waals surface area contributed by atoms with E-state index in [1.54, 1.807) is 0 Å². The Morgan fingerprint density at radius 1 is 1.50 bits per heavy atom. The minimum atomic E-state index is 0.707. The molecule has 1 N–H and O–H groups in total. The molecule has 2 unspecified atom stereocenters. The van der Waals surface area contributed by atoms with Crippen molar-refractivity contribution in [3.63, 3.8) is 0 Å². The van der Waals surface area contributed by atoms with Gasteiger partial charge in [-0.25, -0.2) is 0 Å². The van der Waals surface area contributed by atoms with E-state index in [9.17, 15) is 0 Å². The van der Waals surface area contributed by atoms with Crippen LogP contribution in [0.5, 0.6) is 0 Å². The number of nitrogens with zero attached hydrogens (tertiary/aromatic N) is 1. The van der Waals surface area contributed by atoms with Gasteiger partial charge in [0.1, 0.15) is 0 Å². The third kappa shape index (κ3) is 2.76. The lowest BCUT2D eigenvalue weighted by atomic mass is 10.2. The Labute approximate surface area is 76.3 Å². The van der Waals surface area contributed by atoms with Crippen LogP contribution in [0.1, 0.15) is 33.6 Å². The monoisotopic (exact) mass is 170 g/mol. The molecule has 1 heterocycles. The van der Waals surface area contributed by atoms with E-state index < -0.39 is 0 Å². The zero-order valence-corrected chi connectivity index (χ0v) is 8.64.